The first-order valence-electron chi connectivity index (χ1n) is 6.68. The molecule has 2 heterocycles. The first kappa shape index (κ1) is 12.1. The van der Waals surface area contributed by atoms with Gasteiger partial charge in [0.1, 0.15) is 5.82 Å². The van der Waals surface area contributed by atoms with Gasteiger partial charge in [0, 0.05) is 42.8 Å². The molecule has 0 bridgehead atoms. The Balaban J connectivity index is 1.62. The lowest BCUT2D eigenvalue weighted by Gasteiger charge is -2.17. The summed E-state index contributed by atoms with van der Waals surface area (Å²) in [6.07, 6.45) is 8.22. The van der Waals surface area contributed by atoms with Gasteiger partial charge in [-0.3, -0.25) is 0 Å². The first-order valence-corrected chi connectivity index (χ1v) is 6.68. The predicted octanol–water partition coefficient (Wildman–Crippen LogP) is 2.18. The second-order valence-corrected chi connectivity index (χ2v) is 5.48. The molecule has 1 fully saturated rings. The zero-order valence-corrected chi connectivity index (χ0v) is 11.4. The van der Waals surface area contributed by atoms with E-state index in [9.17, 15) is 0 Å². The fraction of sp³-hybridized carbons (Fsp3) is 0.500. The molecule has 5 nitrogen and oxygen atoms in total. The van der Waals surface area contributed by atoms with E-state index in [1.807, 2.05) is 26.1 Å². The van der Waals surface area contributed by atoms with Crippen LogP contribution >= 0.6 is 0 Å². The van der Waals surface area contributed by atoms with Gasteiger partial charge in [0.25, 0.3) is 0 Å². The molecule has 0 amide bonds. The van der Waals surface area contributed by atoms with Crippen molar-refractivity contribution in [1.29, 1.82) is 0 Å². The molecular weight excluding hydrogens is 238 g/mol. The van der Waals surface area contributed by atoms with Gasteiger partial charge in [-0.25, -0.2) is 15.0 Å². The number of nitrogens with one attached hydrogen (secondary N) is 1. The van der Waals surface area contributed by atoms with Crippen molar-refractivity contribution in [2.75, 3.05) is 11.9 Å². The van der Waals surface area contributed by atoms with Crippen LogP contribution in [0.2, 0.25) is 0 Å². The fourth-order valence-corrected chi connectivity index (χ4v) is 2.30. The maximum atomic E-state index is 4.38. The molecule has 2 aromatic rings. The number of aromatic nitrogens is 4. The Hall–Kier alpha value is -1.91. The zero-order valence-electron chi connectivity index (χ0n) is 11.4. The number of rotatable bonds is 5. The Kier molecular flexibility index (Phi) is 2.97. The van der Waals surface area contributed by atoms with Crippen LogP contribution < -0.4 is 5.32 Å². The van der Waals surface area contributed by atoms with Crippen molar-refractivity contribution >= 4 is 5.95 Å². The van der Waals surface area contributed by atoms with Gasteiger partial charge in [-0.1, -0.05) is 0 Å². The van der Waals surface area contributed by atoms with Crippen LogP contribution in [0, 0.1) is 19.3 Å². The van der Waals surface area contributed by atoms with E-state index in [1.165, 1.54) is 12.8 Å². The quantitative estimate of drug-likeness (QED) is 0.892. The lowest BCUT2D eigenvalue weighted by atomic mass is 10.1. The van der Waals surface area contributed by atoms with Crippen molar-refractivity contribution in [3.8, 4) is 0 Å². The highest BCUT2D eigenvalue weighted by molar-refractivity contribution is 5.26. The molecule has 2 aromatic heterocycles. The molecule has 0 atom stereocenters. The van der Waals surface area contributed by atoms with E-state index < -0.39 is 0 Å². The Morgan fingerprint density at radius 1 is 1.26 bits per heavy atom. The SMILES string of the molecule is Cc1ccnc(NCC2(Cn3ccnc3C)CC2)n1. The zero-order chi connectivity index (χ0) is 13.3. The molecule has 19 heavy (non-hydrogen) atoms. The minimum absolute atomic E-state index is 0.346. The summed E-state index contributed by atoms with van der Waals surface area (Å²) in [5.74, 6) is 1.81. The highest BCUT2D eigenvalue weighted by Gasteiger charge is 2.43. The molecular formula is C14H19N5. The topological polar surface area (TPSA) is 55.6 Å². The molecule has 3 rings (SSSR count). The number of aryl methyl sites for hydroxylation is 2. The van der Waals surface area contributed by atoms with Crippen LogP contribution in [0.1, 0.15) is 24.4 Å². The summed E-state index contributed by atoms with van der Waals surface area (Å²) < 4.78 is 2.23. The Labute approximate surface area is 113 Å². The average Bonchev–Trinajstić information content (AvgIpc) is 3.05. The van der Waals surface area contributed by atoms with Crippen LogP contribution in [0.25, 0.3) is 0 Å². The minimum Gasteiger partial charge on any atom is -0.354 e. The molecule has 1 saturated carbocycles. The van der Waals surface area contributed by atoms with Gasteiger partial charge < -0.3 is 9.88 Å². The summed E-state index contributed by atoms with van der Waals surface area (Å²) in [6.45, 7) is 5.98. The Bertz CT molecular complexity index is 571. The smallest absolute Gasteiger partial charge is 0.222 e. The van der Waals surface area contributed by atoms with Gasteiger partial charge in [-0.15, -0.1) is 0 Å². The molecule has 1 aliphatic carbocycles. The van der Waals surface area contributed by atoms with Crippen molar-refractivity contribution < 1.29 is 0 Å². The number of hydrogen-bond acceptors (Lipinski definition) is 4. The number of nitrogens with zero attached hydrogens (tertiary/aromatic N) is 4. The second kappa shape index (κ2) is 4.64. The van der Waals surface area contributed by atoms with Crippen LogP contribution in [-0.4, -0.2) is 26.1 Å². The summed E-state index contributed by atoms with van der Waals surface area (Å²) in [5.41, 5.74) is 1.34. The largest absolute Gasteiger partial charge is 0.354 e. The minimum atomic E-state index is 0.346. The number of hydrogen-bond donors (Lipinski definition) is 1. The van der Waals surface area contributed by atoms with Gasteiger partial charge >= 0.3 is 0 Å². The molecule has 5 heteroatoms. The van der Waals surface area contributed by atoms with Crippen LogP contribution in [0.3, 0.4) is 0 Å². The monoisotopic (exact) mass is 257 g/mol. The van der Waals surface area contributed by atoms with Gasteiger partial charge in [0.05, 0.1) is 0 Å². The Morgan fingerprint density at radius 3 is 2.74 bits per heavy atom. The number of anilines is 1. The van der Waals surface area contributed by atoms with Crippen molar-refractivity contribution in [2.45, 2.75) is 33.2 Å². The average molecular weight is 257 g/mol. The molecule has 1 N–H and O–H groups in total. The molecule has 0 radical (unpaired) electrons. The van der Waals surface area contributed by atoms with Crippen molar-refractivity contribution in [3.05, 3.63) is 36.2 Å². The summed E-state index contributed by atoms with van der Waals surface area (Å²) in [7, 11) is 0. The highest BCUT2D eigenvalue weighted by Crippen LogP contribution is 2.47. The molecule has 100 valence electrons. The normalized spacial score (nSPS) is 16.3. The first-order chi connectivity index (χ1) is 9.17. The van der Waals surface area contributed by atoms with Crippen LogP contribution in [0.15, 0.2) is 24.7 Å². The standard InChI is InChI=1S/C14H19N5/c1-11-3-6-16-13(18-11)17-9-14(4-5-14)10-19-8-7-15-12(19)2/h3,6-8H,4-5,9-10H2,1-2H3,(H,16,17,18). The molecule has 0 saturated heterocycles. The summed E-state index contributed by atoms with van der Waals surface area (Å²) in [5, 5.41) is 3.36. The second-order valence-electron chi connectivity index (χ2n) is 5.48. The van der Waals surface area contributed by atoms with Crippen molar-refractivity contribution in [3.63, 3.8) is 0 Å². The third-order valence-corrected chi connectivity index (χ3v) is 3.80. The van der Waals surface area contributed by atoms with Gasteiger partial charge in [0.2, 0.25) is 5.95 Å². The van der Waals surface area contributed by atoms with E-state index >= 15 is 0 Å². The third kappa shape index (κ3) is 2.75. The van der Waals surface area contributed by atoms with Gasteiger partial charge in [-0.2, -0.15) is 0 Å². The van der Waals surface area contributed by atoms with Gasteiger partial charge in [0.15, 0.2) is 0 Å². The molecule has 0 aliphatic heterocycles. The van der Waals surface area contributed by atoms with E-state index in [1.54, 1.807) is 6.20 Å². The summed E-state index contributed by atoms with van der Waals surface area (Å²) >= 11 is 0. The summed E-state index contributed by atoms with van der Waals surface area (Å²) in [4.78, 5) is 12.9. The van der Waals surface area contributed by atoms with Crippen molar-refractivity contribution in [2.24, 2.45) is 5.41 Å². The van der Waals surface area contributed by atoms with Gasteiger partial charge in [-0.05, 0) is 32.8 Å². The molecule has 0 spiro atoms. The lowest BCUT2D eigenvalue weighted by molar-refractivity contribution is 0.438. The highest BCUT2D eigenvalue weighted by atomic mass is 15.1. The van der Waals surface area contributed by atoms with E-state index in [2.05, 4.69) is 31.0 Å². The molecule has 1 aliphatic rings. The molecule has 0 aromatic carbocycles. The fourth-order valence-electron chi connectivity index (χ4n) is 2.30. The summed E-state index contributed by atoms with van der Waals surface area (Å²) in [6, 6.07) is 1.91. The maximum absolute atomic E-state index is 4.38. The van der Waals surface area contributed by atoms with Crippen LogP contribution in [-0.2, 0) is 6.54 Å². The predicted molar refractivity (Wildman–Crippen MR) is 73.9 cm³/mol. The van der Waals surface area contributed by atoms with Crippen LogP contribution in [0.4, 0.5) is 5.95 Å². The Morgan fingerprint density at radius 2 is 2.11 bits per heavy atom. The number of imidazole rings is 1. The van der Waals surface area contributed by atoms with Crippen LogP contribution in [0.5, 0.6) is 0 Å². The third-order valence-electron chi connectivity index (χ3n) is 3.80. The lowest BCUT2D eigenvalue weighted by Crippen LogP contribution is -2.22. The van der Waals surface area contributed by atoms with E-state index in [4.69, 9.17) is 0 Å². The van der Waals surface area contributed by atoms with E-state index in [-0.39, 0.29) is 0 Å². The van der Waals surface area contributed by atoms with E-state index in [0.717, 1.165) is 30.6 Å². The maximum Gasteiger partial charge on any atom is 0.222 e. The van der Waals surface area contributed by atoms with E-state index in [0.29, 0.717) is 5.41 Å². The molecule has 0 unspecified atom stereocenters. The van der Waals surface area contributed by atoms with Crippen molar-refractivity contribution in [1.82, 2.24) is 19.5 Å².